The summed E-state index contributed by atoms with van der Waals surface area (Å²) in [4.78, 5) is 57.9. The van der Waals surface area contributed by atoms with Crippen LogP contribution < -0.4 is 10.2 Å². The van der Waals surface area contributed by atoms with Crippen LogP contribution in [0.1, 0.15) is 101 Å². The number of nitrogens with one attached hydrogen (secondary N) is 1. The van der Waals surface area contributed by atoms with E-state index >= 15 is 0 Å². The SMILES string of the molecule is C/C=C/C1C[C@H]2[C@H](O[Si](C)(C)C(C)(C)C)N(C(=O)OCc3ccc(CC(=O)[C@H](C)NC(=O)[C@@H](CC)C(C)C)cc3)c3cc(C)c(C)cc3C(=O)N2C1. The fourth-order valence-electron chi connectivity index (χ4n) is 6.95. The molecule has 52 heavy (non-hydrogen) atoms. The number of fused-ring (bicyclic) bond motifs is 2. The van der Waals surface area contributed by atoms with E-state index in [1.54, 1.807) is 11.8 Å². The van der Waals surface area contributed by atoms with Crippen LogP contribution in [0.25, 0.3) is 0 Å². The van der Waals surface area contributed by atoms with Crippen LogP contribution in [-0.2, 0) is 31.8 Å². The van der Waals surface area contributed by atoms with Gasteiger partial charge in [0.05, 0.1) is 23.3 Å². The molecule has 2 aliphatic rings. The Morgan fingerprint density at radius 2 is 1.63 bits per heavy atom. The second kappa shape index (κ2) is 16.5. The Labute approximate surface area is 312 Å². The number of nitrogens with zero attached hydrogens (tertiary/aromatic N) is 2. The highest BCUT2D eigenvalue weighted by Crippen LogP contribution is 2.44. The van der Waals surface area contributed by atoms with Gasteiger partial charge < -0.3 is 19.4 Å². The molecule has 0 radical (unpaired) electrons. The molecule has 0 aromatic heterocycles. The van der Waals surface area contributed by atoms with Crippen molar-refractivity contribution >= 4 is 37.7 Å². The van der Waals surface area contributed by atoms with Crippen molar-refractivity contribution in [2.24, 2.45) is 17.8 Å². The number of allylic oxidation sites excluding steroid dienone is 1. The number of hydrogen-bond donors (Lipinski definition) is 1. The lowest BCUT2D eigenvalue weighted by molar-refractivity contribution is -0.130. The van der Waals surface area contributed by atoms with Crippen LogP contribution >= 0.6 is 0 Å². The van der Waals surface area contributed by atoms with Crippen LogP contribution in [0.4, 0.5) is 10.5 Å². The Balaban J connectivity index is 1.59. The van der Waals surface area contributed by atoms with E-state index in [1.165, 1.54) is 0 Å². The first-order chi connectivity index (χ1) is 24.3. The monoisotopic (exact) mass is 731 g/mol. The zero-order chi connectivity index (χ0) is 38.7. The number of rotatable bonds is 12. The van der Waals surface area contributed by atoms with Gasteiger partial charge in [-0.05, 0) is 105 Å². The number of carbonyl (C=O) groups excluding carboxylic acids is 4. The third-order valence-electron chi connectivity index (χ3n) is 11.4. The molecule has 5 atom stereocenters. The van der Waals surface area contributed by atoms with E-state index in [0.717, 1.165) is 28.7 Å². The van der Waals surface area contributed by atoms with Gasteiger partial charge in [-0.1, -0.05) is 78.0 Å². The Bertz CT molecular complexity index is 1660. The Kier molecular flexibility index (Phi) is 13.0. The van der Waals surface area contributed by atoms with E-state index in [1.807, 2.05) is 88.9 Å². The quantitative estimate of drug-likeness (QED) is 0.173. The molecule has 2 aliphatic heterocycles. The van der Waals surface area contributed by atoms with Crippen molar-refractivity contribution in [3.63, 3.8) is 0 Å². The predicted octanol–water partition coefficient (Wildman–Crippen LogP) is 8.51. The minimum atomic E-state index is -2.46. The van der Waals surface area contributed by atoms with Crippen molar-refractivity contribution in [2.45, 2.75) is 132 Å². The molecule has 9 nitrogen and oxygen atoms in total. The first kappa shape index (κ1) is 41.0. The molecule has 0 spiro atoms. The van der Waals surface area contributed by atoms with Crippen LogP contribution in [-0.4, -0.2) is 61.8 Å². The summed E-state index contributed by atoms with van der Waals surface area (Å²) in [6.07, 6.45) is 4.41. The summed E-state index contributed by atoms with van der Waals surface area (Å²) in [5.41, 5.74) is 4.49. The van der Waals surface area contributed by atoms with Gasteiger partial charge in [0.25, 0.3) is 5.91 Å². The van der Waals surface area contributed by atoms with Gasteiger partial charge in [0.1, 0.15) is 6.61 Å². The molecule has 2 heterocycles. The lowest BCUT2D eigenvalue weighted by Crippen LogP contribution is -2.58. The standard InChI is InChI=1S/C42H61N3O6Si/c1-13-15-32-22-36-40(51-52(11,12)42(8,9)10)45(35-21-28(6)27(5)20-34(35)39(48)44(36)24-32)41(49)50-25-31-18-16-30(17-19-31)23-37(46)29(7)43-38(47)33(14-2)26(3)4/h13,15-21,26,29,32-33,36,40H,14,22-25H2,1-12H3,(H,43,47)/b15-13+/t29-,32?,33-,36-,40-/m0/s1. The number of ketones is 1. The molecule has 1 saturated heterocycles. The maximum absolute atomic E-state index is 14.4. The van der Waals surface area contributed by atoms with Gasteiger partial charge in [-0.25, -0.2) is 9.69 Å². The maximum atomic E-state index is 14.4. The van der Waals surface area contributed by atoms with Crippen LogP contribution in [0.5, 0.6) is 0 Å². The van der Waals surface area contributed by atoms with Gasteiger partial charge in [0.2, 0.25) is 5.91 Å². The number of amides is 3. The number of carbonyl (C=O) groups is 4. The summed E-state index contributed by atoms with van der Waals surface area (Å²) in [6.45, 7) is 25.1. The third kappa shape index (κ3) is 9.05. The summed E-state index contributed by atoms with van der Waals surface area (Å²) < 4.78 is 13.2. The smallest absolute Gasteiger partial charge is 0.416 e. The highest BCUT2D eigenvalue weighted by Gasteiger charge is 2.51. The zero-order valence-electron chi connectivity index (χ0n) is 33.5. The van der Waals surface area contributed by atoms with Gasteiger partial charge >= 0.3 is 6.09 Å². The number of anilines is 1. The van der Waals surface area contributed by atoms with Gasteiger partial charge in [-0.3, -0.25) is 14.4 Å². The molecule has 4 rings (SSSR count). The largest absolute Gasteiger partial charge is 0.444 e. The summed E-state index contributed by atoms with van der Waals surface area (Å²) in [6, 6.07) is 10.3. The molecular formula is C42H61N3O6Si. The minimum Gasteiger partial charge on any atom is -0.444 e. The number of benzene rings is 2. The first-order valence-corrected chi connectivity index (χ1v) is 21.8. The predicted molar refractivity (Wildman–Crippen MR) is 210 cm³/mol. The van der Waals surface area contributed by atoms with Crippen molar-refractivity contribution in [2.75, 3.05) is 11.4 Å². The molecule has 1 fully saturated rings. The molecular weight excluding hydrogens is 671 g/mol. The van der Waals surface area contributed by atoms with Crippen molar-refractivity contribution in [3.05, 3.63) is 76.4 Å². The summed E-state index contributed by atoms with van der Waals surface area (Å²) in [7, 11) is -2.46. The number of Topliss-reactive ketones (excluding diaryl/α,β-unsaturated/α-hetero) is 1. The molecule has 1 N–H and O–H groups in total. The van der Waals surface area contributed by atoms with Crippen molar-refractivity contribution in [1.29, 1.82) is 0 Å². The summed E-state index contributed by atoms with van der Waals surface area (Å²) in [5.74, 6) is -0.0483. The topological polar surface area (TPSA) is 105 Å². The van der Waals surface area contributed by atoms with Gasteiger partial charge in [-0.15, -0.1) is 0 Å². The van der Waals surface area contributed by atoms with E-state index in [2.05, 4.69) is 45.3 Å². The van der Waals surface area contributed by atoms with Crippen molar-refractivity contribution in [3.8, 4) is 0 Å². The second-order valence-corrected chi connectivity index (χ2v) is 21.4. The third-order valence-corrected chi connectivity index (χ3v) is 15.8. The molecule has 0 bridgehead atoms. The number of aryl methyl sites for hydroxylation is 2. The number of hydrogen-bond acceptors (Lipinski definition) is 6. The minimum absolute atomic E-state index is 0.000141. The molecule has 284 valence electrons. The maximum Gasteiger partial charge on any atom is 0.416 e. The molecule has 2 aromatic rings. The van der Waals surface area contributed by atoms with Crippen molar-refractivity contribution in [1.82, 2.24) is 10.2 Å². The number of ether oxygens (including phenoxy) is 1. The first-order valence-electron chi connectivity index (χ1n) is 18.9. The fourth-order valence-corrected chi connectivity index (χ4v) is 8.17. The van der Waals surface area contributed by atoms with E-state index < -0.39 is 26.7 Å². The molecule has 10 heteroatoms. The summed E-state index contributed by atoms with van der Waals surface area (Å²) >= 11 is 0. The van der Waals surface area contributed by atoms with Crippen molar-refractivity contribution < 1.29 is 28.3 Å². The Morgan fingerprint density at radius 1 is 1.02 bits per heavy atom. The Hall–Kier alpha value is -3.76. The lowest BCUT2D eigenvalue weighted by Gasteiger charge is -2.44. The second-order valence-electron chi connectivity index (χ2n) is 16.6. The average molecular weight is 732 g/mol. The molecule has 3 amide bonds. The molecule has 1 unspecified atom stereocenters. The van der Waals surface area contributed by atoms with Gasteiger partial charge in [0, 0.05) is 18.9 Å². The highest BCUT2D eigenvalue weighted by molar-refractivity contribution is 6.74. The van der Waals surface area contributed by atoms with Crippen LogP contribution in [0, 0.1) is 31.6 Å². The molecule has 0 saturated carbocycles. The molecule has 0 aliphatic carbocycles. The van der Waals surface area contributed by atoms with E-state index in [4.69, 9.17) is 9.16 Å². The van der Waals surface area contributed by atoms with E-state index in [9.17, 15) is 19.2 Å². The van der Waals surface area contributed by atoms with Gasteiger partial charge in [-0.2, -0.15) is 0 Å². The average Bonchev–Trinajstić information content (AvgIpc) is 3.45. The Morgan fingerprint density at radius 3 is 2.21 bits per heavy atom. The van der Waals surface area contributed by atoms with Gasteiger partial charge in [0.15, 0.2) is 20.3 Å². The zero-order valence-corrected chi connectivity index (χ0v) is 34.5. The highest BCUT2D eigenvalue weighted by atomic mass is 28.4. The lowest BCUT2D eigenvalue weighted by atomic mass is 9.92. The van der Waals surface area contributed by atoms with Crippen LogP contribution in [0.2, 0.25) is 18.1 Å². The molecule has 2 aromatic carbocycles. The normalized spacial score (nSPS) is 20.4. The van der Waals surface area contributed by atoms with Crippen LogP contribution in [0.15, 0.2) is 48.6 Å². The summed E-state index contributed by atoms with van der Waals surface area (Å²) in [5, 5.41) is 2.75. The van der Waals surface area contributed by atoms with Crippen LogP contribution in [0.3, 0.4) is 0 Å². The fraction of sp³-hybridized carbons (Fsp3) is 0.571. The van der Waals surface area contributed by atoms with E-state index in [0.29, 0.717) is 24.2 Å². The van der Waals surface area contributed by atoms with E-state index in [-0.39, 0.29) is 59.5 Å².